The van der Waals surface area contributed by atoms with Crippen LogP contribution in [0, 0.1) is 0 Å². The second-order valence-electron chi connectivity index (χ2n) is 2.82. The molecule has 0 fully saturated rings. The van der Waals surface area contributed by atoms with E-state index in [1.807, 2.05) is 5.43 Å². The summed E-state index contributed by atoms with van der Waals surface area (Å²) in [5.41, 5.74) is 2.03. The van der Waals surface area contributed by atoms with Crippen LogP contribution in [0.1, 0.15) is 0 Å². The fourth-order valence-electron chi connectivity index (χ4n) is 0.877. The first kappa shape index (κ1) is 14.2. The van der Waals surface area contributed by atoms with Gasteiger partial charge in [0.2, 0.25) is 0 Å². The van der Waals surface area contributed by atoms with Crippen molar-refractivity contribution in [3.63, 3.8) is 0 Å². The van der Waals surface area contributed by atoms with Crippen LogP contribution in [0.3, 0.4) is 0 Å². The Balaban J connectivity index is 2.99. The molecule has 0 aliphatic heterocycles. The molecule has 0 radical (unpaired) electrons. The Morgan fingerprint density at radius 1 is 1.12 bits per heavy atom. The third-order valence-corrected chi connectivity index (χ3v) is 3.08. The number of benzene rings is 1. The molecule has 1 aromatic rings. The van der Waals surface area contributed by atoms with Crippen LogP contribution in [-0.4, -0.2) is 25.9 Å². The van der Waals surface area contributed by atoms with Gasteiger partial charge in [-0.1, -0.05) is 11.6 Å². The van der Waals surface area contributed by atoms with Gasteiger partial charge in [-0.3, -0.25) is 9.11 Å². The normalized spacial score (nSPS) is 12.4. The standard InChI is InChI=1S/C6H7ClN2O6S2/c7-5-3-4(16(10,11)12)1-2-6(5)8-9-17(13,14)15/h1-3,8-9H,(H,10,11,12)(H,13,14,15). The number of nitrogens with one attached hydrogen (secondary N) is 2. The van der Waals surface area contributed by atoms with Gasteiger partial charge < -0.3 is 5.43 Å². The quantitative estimate of drug-likeness (QED) is 0.464. The Hall–Kier alpha value is -0.910. The molecule has 1 aromatic carbocycles. The predicted molar refractivity (Wildman–Crippen MR) is 59.6 cm³/mol. The molecule has 96 valence electrons. The molecular formula is C6H7ClN2O6S2. The molecule has 0 heterocycles. The minimum Gasteiger partial charge on any atom is -0.305 e. The van der Waals surface area contributed by atoms with E-state index in [0.717, 1.165) is 18.2 Å². The monoisotopic (exact) mass is 302 g/mol. The van der Waals surface area contributed by atoms with E-state index in [-0.39, 0.29) is 10.7 Å². The molecule has 4 N–H and O–H groups in total. The van der Waals surface area contributed by atoms with Crippen molar-refractivity contribution in [3.8, 4) is 0 Å². The van der Waals surface area contributed by atoms with E-state index in [4.69, 9.17) is 20.7 Å². The van der Waals surface area contributed by atoms with E-state index >= 15 is 0 Å². The Kier molecular flexibility index (Phi) is 3.96. The average Bonchev–Trinajstić information content (AvgIpc) is 2.12. The zero-order chi connectivity index (χ0) is 13.3. The summed E-state index contributed by atoms with van der Waals surface area (Å²) >= 11 is 5.61. The maximum absolute atomic E-state index is 10.7. The zero-order valence-electron chi connectivity index (χ0n) is 7.95. The fourth-order valence-corrected chi connectivity index (χ4v) is 1.92. The Morgan fingerprint density at radius 3 is 2.12 bits per heavy atom. The van der Waals surface area contributed by atoms with Gasteiger partial charge in [-0.05, 0) is 18.2 Å². The topological polar surface area (TPSA) is 133 Å². The molecular weight excluding hydrogens is 296 g/mol. The maximum Gasteiger partial charge on any atom is 0.350 e. The molecule has 11 heteroatoms. The second kappa shape index (κ2) is 4.76. The average molecular weight is 303 g/mol. The SMILES string of the molecule is O=S(=O)(O)NNc1ccc(S(=O)(=O)O)cc1Cl. The number of hydrogen-bond acceptors (Lipinski definition) is 5. The van der Waals surface area contributed by atoms with Crippen LogP contribution in [0.4, 0.5) is 5.69 Å². The Morgan fingerprint density at radius 2 is 1.71 bits per heavy atom. The van der Waals surface area contributed by atoms with Crippen LogP contribution in [0.2, 0.25) is 5.02 Å². The predicted octanol–water partition coefficient (Wildman–Crippen LogP) is 0.306. The molecule has 0 aromatic heterocycles. The van der Waals surface area contributed by atoms with E-state index < -0.39 is 25.3 Å². The van der Waals surface area contributed by atoms with Gasteiger partial charge >= 0.3 is 10.3 Å². The lowest BCUT2D eigenvalue weighted by Gasteiger charge is -2.08. The lowest BCUT2D eigenvalue weighted by molar-refractivity contribution is 0.472. The third kappa shape index (κ3) is 4.46. The first-order valence-electron chi connectivity index (χ1n) is 3.87. The van der Waals surface area contributed by atoms with Gasteiger partial charge in [0.05, 0.1) is 15.6 Å². The molecule has 0 unspecified atom stereocenters. The van der Waals surface area contributed by atoms with Gasteiger partial charge in [0.25, 0.3) is 10.1 Å². The summed E-state index contributed by atoms with van der Waals surface area (Å²) in [4.78, 5) is 1.07. The summed E-state index contributed by atoms with van der Waals surface area (Å²) in [5, 5.41) is -0.170. The molecule has 0 amide bonds. The minimum atomic E-state index is -4.46. The van der Waals surface area contributed by atoms with E-state index in [1.165, 1.54) is 4.83 Å². The molecule has 0 spiro atoms. The molecule has 17 heavy (non-hydrogen) atoms. The summed E-state index contributed by atoms with van der Waals surface area (Å²) < 4.78 is 59.2. The van der Waals surface area contributed by atoms with Crippen molar-refractivity contribution < 1.29 is 25.9 Å². The van der Waals surface area contributed by atoms with E-state index in [2.05, 4.69) is 0 Å². The molecule has 0 aliphatic rings. The lowest BCUT2D eigenvalue weighted by Crippen LogP contribution is -2.28. The van der Waals surface area contributed by atoms with Crippen molar-refractivity contribution in [2.75, 3.05) is 5.43 Å². The molecule has 0 saturated heterocycles. The van der Waals surface area contributed by atoms with E-state index in [0.29, 0.717) is 0 Å². The number of hydrogen-bond donors (Lipinski definition) is 4. The van der Waals surface area contributed by atoms with Gasteiger partial charge in [0.1, 0.15) is 0 Å². The van der Waals surface area contributed by atoms with Crippen molar-refractivity contribution in [1.82, 2.24) is 4.83 Å². The summed E-state index contributed by atoms with van der Waals surface area (Å²) in [5.74, 6) is 0. The van der Waals surface area contributed by atoms with Crippen LogP contribution in [0.5, 0.6) is 0 Å². The molecule has 0 bridgehead atoms. The molecule has 0 atom stereocenters. The van der Waals surface area contributed by atoms with Gasteiger partial charge in [-0.15, -0.1) is 4.83 Å². The third-order valence-electron chi connectivity index (χ3n) is 1.55. The van der Waals surface area contributed by atoms with Crippen molar-refractivity contribution in [2.45, 2.75) is 4.90 Å². The maximum atomic E-state index is 10.7. The first-order valence-corrected chi connectivity index (χ1v) is 7.13. The van der Waals surface area contributed by atoms with Crippen molar-refractivity contribution in [2.24, 2.45) is 0 Å². The zero-order valence-corrected chi connectivity index (χ0v) is 10.3. The summed E-state index contributed by atoms with van der Waals surface area (Å²) in [6.07, 6.45) is 0. The smallest absolute Gasteiger partial charge is 0.305 e. The summed E-state index contributed by atoms with van der Waals surface area (Å²) in [6, 6.07) is 3.00. The highest BCUT2D eigenvalue weighted by atomic mass is 35.5. The molecule has 0 aliphatic carbocycles. The van der Waals surface area contributed by atoms with Gasteiger partial charge in [-0.2, -0.15) is 16.8 Å². The van der Waals surface area contributed by atoms with Crippen LogP contribution in [0.25, 0.3) is 0 Å². The van der Waals surface area contributed by atoms with E-state index in [1.54, 1.807) is 0 Å². The fraction of sp³-hybridized carbons (Fsp3) is 0. The largest absolute Gasteiger partial charge is 0.350 e. The van der Waals surface area contributed by atoms with E-state index in [9.17, 15) is 16.8 Å². The van der Waals surface area contributed by atoms with Gasteiger partial charge in [0, 0.05) is 0 Å². The van der Waals surface area contributed by atoms with Crippen LogP contribution < -0.4 is 10.3 Å². The molecule has 0 saturated carbocycles. The summed E-state index contributed by atoms with van der Waals surface area (Å²) in [6.45, 7) is 0. The van der Waals surface area contributed by atoms with Crippen molar-refractivity contribution in [1.29, 1.82) is 0 Å². The van der Waals surface area contributed by atoms with Crippen LogP contribution in [0.15, 0.2) is 23.1 Å². The van der Waals surface area contributed by atoms with Gasteiger partial charge in [0.15, 0.2) is 0 Å². The van der Waals surface area contributed by atoms with Crippen LogP contribution in [-0.2, 0) is 20.4 Å². The molecule has 1 rings (SSSR count). The number of halogens is 1. The van der Waals surface area contributed by atoms with Crippen molar-refractivity contribution >= 4 is 37.7 Å². The van der Waals surface area contributed by atoms with Crippen molar-refractivity contribution in [3.05, 3.63) is 23.2 Å². The summed E-state index contributed by atoms with van der Waals surface area (Å²) in [7, 11) is -8.85. The second-order valence-corrected chi connectivity index (χ2v) is 5.80. The van der Waals surface area contributed by atoms with Gasteiger partial charge in [-0.25, -0.2) is 0 Å². The number of hydrazine groups is 1. The minimum absolute atomic E-state index is 0.00306. The Bertz CT molecular complexity index is 626. The number of anilines is 1. The lowest BCUT2D eigenvalue weighted by atomic mass is 10.3. The number of rotatable bonds is 4. The molecule has 8 nitrogen and oxygen atoms in total. The highest BCUT2D eigenvalue weighted by Gasteiger charge is 2.12. The van der Waals surface area contributed by atoms with Crippen LogP contribution >= 0.6 is 11.6 Å². The Labute approximate surface area is 102 Å². The highest BCUT2D eigenvalue weighted by molar-refractivity contribution is 7.85. The highest BCUT2D eigenvalue weighted by Crippen LogP contribution is 2.24. The first-order chi connectivity index (χ1) is 7.59.